The Labute approximate surface area is 199 Å². The molecule has 0 N–H and O–H groups in total. The largest absolute Gasteiger partial charge is 0.357 e. The zero-order chi connectivity index (χ0) is 22.8. The van der Waals surface area contributed by atoms with Crippen LogP contribution in [0.2, 0.25) is 0 Å². The first-order chi connectivity index (χ1) is 15.5. The first-order valence-corrected chi connectivity index (χ1v) is 12.9. The van der Waals surface area contributed by atoms with Crippen LogP contribution in [0.3, 0.4) is 0 Å². The van der Waals surface area contributed by atoms with E-state index in [0.717, 1.165) is 63.0 Å². The Kier molecular flexibility index (Phi) is 7.06. The standard InChI is InChI=1S/C24H30N4O2S2/c1-3-27-21(26-12-8-4-5-9-13-26)18(16(2)19(15-25)22(27)29)14-20-23(30)28(24(31)32-20)17-10-6-7-11-17/h14,17H,3-13H2,1-2H3/b20-14+. The summed E-state index contributed by atoms with van der Waals surface area (Å²) in [6.45, 7) is 5.97. The molecule has 1 aliphatic carbocycles. The van der Waals surface area contributed by atoms with Gasteiger partial charge in [0.15, 0.2) is 0 Å². The molecule has 1 aromatic rings. The van der Waals surface area contributed by atoms with Crippen LogP contribution in [0.25, 0.3) is 6.08 Å². The van der Waals surface area contributed by atoms with Crippen molar-refractivity contribution in [2.75, 3.05) is 18.0 Å². The van der Waals surface area contributed by atoms with Crippen LogP contribution in [0.4, 0.5) is 5.82 Å². The number of carbonyl (C=O) groups excluding carboxylic acids is 1. The quantitative estimate of drug-likeness (QED) is 0.474. The number of carbonyl (C=O) groups is 1. The van der Waals surface area contributed by atoms with E-state index in [2.05, 4.69) is 11.0 Å². The van der Waals surface area contributed by atoms with Gasteiger partial charge in [0.25, 0.3) is 11.5 Å². The van der Waals surface area contributed by atoms with Crippen molar-refractivity contribution in [2.45, 2.75) is 77.8 Å². The maximum absolute atomic E-state index is 13.3. The summed E-state index contributed by atoms with van der Waals surface area (Å²) in [5.74, 6) is 0.794. The van der Waals surface area contributed by atoms with Gasteiger partial charge in [-0.1, -0.05) is 49.7 Å². The van der Waals surface area contributed by atoms with Crippen LogP contribution >= 0.6 is 24.0 Å². The van der Waals surface area contributed by atoms with E-state index in [-0.39, 0.29) is 23.1 Å². The van der Waals surface area contributed by atoms with Crippen LogP contribution in [0.15, 0.2) is 9.70 Å². The number of thioether (sulfide) groups is 1. The van der Waals surface area contributed by atoms with E-state index in [9.17, 15) is 14.9 Å². The topological polar surface area (TPSA) is 69.3 Å². The van der Waals surface area contributed by atoms with Gasteiger partial charge in [-0.3, -0.25) is 19.1 Å². The lowest BCUT2D eigenvalue weighted by Crippen LogP contribution is -2.36. The lowest BCUT2D eigenvalue weighted by Gasteiger charge is -2.29. The number of rotatable bonds is 4. The zero-order valence-corrected chi connectivity index (χ0v) is 20.5. The number of hydrogen-bond acceptors (Lipinski definition) is 6. The minimum atomic E-state index is -0.248. The van der Waals surface area contributed by atoms with Gasteiger partial charge < -0.3 is 4.90 Å². The van der Waals surface area contributed by atoms with Crippen molar-refractivity contribution >= 4 is 46.1 Å². The molecule has 2 aliphatic heterocycles. The lowest BCUT2D eigenvalue weighted by molar-refractivity contribution is -0.123. The third kappa shape index (κ3) is 4.13. The maximum Gasteiger partial charge on any atom is 0.270 e. The summed E-state index contributed by atoms with van der Waals surface area (Å²) in [7, 11) is 0. The molecule has 170 valence electrons. The molecule has 3 aliphatic rings. The van der Waals surface area contributed by atoms with Crippen LogP contribution < -0.4 is 10.5 Å². The smallest absolute Gasteiger partial charge is 0.270 e. The molecule has 3 heterocycles. The average molecular weight is 471 g/mol. The fourth-order valence-electron chi connectivity index (χ4n) is 5.15. The van der Waals surface area contributed by atoms with Crippen LogP contribution in [0, 0.1) is 18.3 Å². The molecule has 8 heteroatoms. The molecule has 6 nitrogen and oxygen atoms in total. The van der Waals surface area contributed by atoms with Gasteiger partial charge in [-0.05, 0) is 51.2 Å². The van der Waals surface area contributed by atoms with E-state index >= 15 is 0 Å². The lowest BCUT2D eigenvalue weighted by atomic mass is 10.0. The van der Waals surface area contributed by atoms with Gasteiger partial charge in [0.2, 0.25) is 0 Å². The summed E-state index contributed by atoms with van der Waals surface area (Å²) >= 11 is 6.93. The summed E-state index contributed by atoms with van der Waals surface area (Å²) in [4.78, 5) is 31.1. The molecular formula is C24H30N4O2S2. The first-order valence-electron chi connectivity index (χ1n) is 11.7. The SMILES string of the molecule is CCn1c(N2CCCCCC2)c(/C=C2/SC(=S)N(C3CCCC3)C2=O)c(C)c(C#N)c1=O. The molecule has 1 saturated carbocycles. The van der Waals surface area contributed by atoms with Crippen LogP contribution in [0.1, 0.15) is 75.0 Å². The third-order valence-corrected chi connectivity index (χ3v) is 8.19. The molecule has 0 unspecified atom stereocenters. The van der Waals surface area contributed by atoms with E-state index in [1.54, 1.807) is 9.47 Å². The van der Waals surface area contributed by atoms with Gasteiger partial charge >= 0.3 is 0 Å². The van der Waals surface area contributed by atoms with Crippen LogP contribution in [0.5, 0.6) is 0 Å². The van der Waals surface area contributed by atoms with Gasteiger partial charge in [0.05, 0.1) is 4.91 Å². The number of anilines is 1. The van der Waals surface area contributed by atoms with E-state index in [0.29, 0.717) is 21.3 Å². The normalized spacial score (nSPS) is 21.5. The third-order valence-electron chi connectivity index (χ3n) is 6.86. The average Bonchev–Trinajstić information content (AvgIpc) is 3.28. The Balaban J connectivity index is 1.85. The summed E-state index contributed by atoms with van der Waals surface area (Å²) in [6.07, 6.45) is 10.6. The molecular weight excluding hydrogens is 440 g/mol. The molecule has 0 bridgehead atoms. The second kappa shape index (κ2) is 9.80. The molecule has 0 radical (unpaired) electrons. The second-order valence-corrected chi connectivity index (χ2v) is 10.5. The molecule has 1 amide bonds. The predicted molar refractivity (Wildman–Crippen MR) is 134 cm³/mol. The van der Waals surface area contributed by atoms with E-state index in [1.165, 1.54) is 24.6 Å². The number of nitrogens with zero attached hydrogens (tertiary/aromatic N) is 4. The first kappa shape index (κ1) is 23.1. The van der Waals surface area contributed by atoms with Crippen molar-refractivity contribution in [3.63, 3.8) is 0 Å². The van der Waals surface area contributed by atoms with Gasteiger partial charge in [0.1, 0.15) is 21.8 Å². The molecule has 0 spiro atoms. The monoisotopic (exact) mass is 470 g/mol. The Morgan fingerprint density at radius 3 is 2.38 bits per heavy atom. The Hall–Kier alpha value is -2.11. The Morgan fingerprint density at radius 1 is 1.12 bits per heavy atom. The van der Waals surface area contributed by atoms with Crippen molar-refractivity contribution in [2.24, 2.45) is 0 Å². The van der Waals surface area contributed by atoms with Gasteiger partial charge in [-0.2, -0.15) is 5.26 Å². The van der Waals surface area contributed by atoms with E-state index in [4.69, 9.17) is 12.2 Å². The minimum Gasteiger partial charge on any atom is -0.357 e. The molecule has 0 aromatic carbocycles. The highest BCUT2D eigenvalue weighted by Gasteiger charge is 2.38. The molecule has 0 atom stereocenters. The van der Waals surface area contributed by atoms with Gasteiger partial charge in [-0.25, -0.2) is 0 Å². The molecule has 2 saturated heterocycles. The number of hydrogen-bond donors (Lipinski definition) is 0. The molecule has 1 aromatic heterocycles. The zero-order valence-electron chi connectivity index (χ0n) is 18.9. The molecule has 32 heavy (non-hydrogen) atoms. The summed E-state index contributed by atoms with van der Waals surface area (Å²) in [5, 5.41) is 9.73. The molecule has 4 rings (SSSR count). The number of aromatic nitrogens is 1. The van der Waals surface area contributed by atoms with Gasteiger partial charge in [-0.15, -0.1) is 0 Å². The number of amides is 1. The van der Waals surface area contributed by atoms with Crippen LogP contribution in [-0.2, 0) is 11.3 Å². The van der Waals surface area contributed by atoms with E-state index in [1.807, 2.05) is 19.9 Å². The number of pyridine rings is 1. The maximum atomic E-state index is 13.3. The van der Waals surface area contributed by atoms with Crippen molar-refractivity contribution < 1.29 is 4.79 Å². The van der Waals surface area contributed by atoms with Crippen molar-refractivity contribution in [3.8, 4) is 6.07 Å². The number of thiocarbonyl (C=S) groups is 1. The number of nitriles is 1. The highest BCUT2D eigenvalue weighted by molar-refractivity contribution is 8.26. The Morgan fingerprint density at radius 2 is 1.78 bits per heavy atom. The molecule has 3 fully saturated rings. The fourth-order valence-corrected chi connectivity index (χ4v) is 6.53. The summed E-state index contributed by atoms with van der Waals surface area (Å²) in [5.41, 5.74) is 1.36. The minimum absolute atomic E-state index is 0.0409. The van der Waals surface area contributed by atoms with Crippen molar-refractivity contribution in [1.29, 1.82) is 5.26 Å². The second-order valence-electron chi connectivity index (χ2n) is 8.79. The van der Waals surface area contributed by atoms with E-state index < -0.39 is 0 Å². The summed E-state index contributed by atoms with van der Waals surface area (Å²) in [6, 6.07) is 2.30. The van der Waals surface area contributed by atoms with Crippen LogP contribution in [-0.4, -0.2) is 38.8 Å². The highest BCUT2D eigenvalue weighted by atomic mass is 32.2. The fraction of sp³-hybridized carbons (Fsp3) is 0.583. The Bertz CT molecular complexity index is 1060. The summed E-state index contributed by atoms with van der Waals surface area (Å²) < 4.78 is 2.33. The predicted octanol–water partition coefficient (Wildman–Crippen LogP) is 4.57. The van der Waals surface area contributed by atoms with Crippen molar-refractivity contribution in [1.82, 2.24) is 9.47 Å². The van der Waals surface area contributed by atoms with Gasteiger partial charge in [0, 0.05) is 31.2 Å². The highest BCUT2D eigenvalue weighted by Crippen LogP contribution is 2.39. The van der Waals surface area contributed by atoms with Crippen molar-refractivity contribution in [3.05, 3.63) is 31.9 Å².